The third kappa shape index (κ3) is 8.81. The zero-order valence-electron chi connectivity index (χ0n) is 28.7. The Balaban J connectivity index is 1.21. The Morgan fingerprint density at radius 2 is 0.941 bits per heavy atom. The third-order valence-electron chi connectivity index (χ3n) is 9.85. The molecule has 0 unspecified atom stereocenters. The van der Waals surface area contributed by atoms with Crippen LogP contribution in [0.25, 0.3) is 0 Å². The molecule has 2 saturated heterocycles. The van der Waals surface area contributed by atoms with Gasteiger partial charge in [0, 0.05) is 0 Å². The molecule has 51 heavy (non-hydrogen) atoms. The zero-order chi connectivity index (χ0) is 34.8. The maximum Gasteiger partial charge on any atom is 0.257 e. The fourth-order valence-corrected chi connectivity index (χ4v) is 7.17. The van der Waals surface area contributed by atoms with Crippen molar-refractivity contribution in [1.29, 1.82) is 0 Å². The van der Waals surface area contributed by atoms with E-state index in [4.69, 9.17) is 28.5 Å². The monoisotopic (exact) mass is 691 g/mol. The molecule has 9 heteroatoms. The highest BCUT2D eigenvalue weighted by molar-refractivity contribution is 6.04. The van der Waals surface area contributed by atoms with E-state index in [0.717, 1.165) is 40.2 Å². The summed E-state index contributed by atoms with van der Waals surface area (Å²) in [5.74, 6) is -1.40. The van der Waals surface area contributed by atoms with Crippen molar-refractivity contribution in [2.45, 2.75) is 82.8 Å². The smallest absolute Gasteiger partial charge is 0.257 e. The first-order valence-electron chi connectivity index (χ1n) is 17.9. The third-order valence-corrected chi connectivity index (χ3v) is 9.85. The van der Waals surface area contributed by atoms with Crippen molar-refractivity contribution in [3.8, 4) is 0 Å². The van der Waals surface area contributed by atoms with Gasteiger partial charge in [-0.25, -0.2) is 4.84 Å². The molecule has 4 aromatic rings. The summed E-state index contributed by atoms with van der Waals surface area (Å²) in [6, 6.07) is 39.5. The number of hydroxylamine groups is 2. The van der Waals surface area contributed by atoms with Crippen LogP contribution < -0.4 is 0 Å². The summed E-state index contributed by atoms with van der Waals surface area (Å²) in [4.78, 5) is 33.6. The number of carbonyl (C=O) groups excluding carboxylic acids is 2. The second kappa shape index (κ2) is 17.3. The van der Waals surface area contributed by atoms with E-state index >= 15 is 0 Å². The van der Waals surface area contributed by atoms with Gasteiger partial charge in [-0.2, -0.15) is 0 Å². The summed E-state index contributed by atoms with van der Waals surface area (Å²) in [5.41, 5.74) is 3.90. The Hall–Kier alpha value is -4.22. The SMILES string of the molecule is O=C1[C@H]2CCCC[C@H]2C(=O)N1O[C@H]1O[C@H](COCc2ccccc2)[C@@H](OCc2ccccc2)[C@H](OCc2ccccc2)[C@H]1OCc1ccccc1. The highest BCUT2D eigenvalue weighted by Gasteiger charge is 2.54. The Morgan fingerprint density at radius 3 is 1.41 bits per heavy atom. The number of benzene rings is 4. The number of imide groups is 1. The molecule has 7 atom stereocenters. The first-order valence-corrected chi connectivity index (χ1v) is 17.9. The van der Waals surface area contributed by atoms with Crippen LogP contribution in [0, 0.1) is 11.8 Å². The summed E-state index contributed by atoms with van der Waals surface area (Å²) in [6.45, 7) is 1.26. The van der Waals surface area contributed by atoms with E-state index in [0.29, 0.717) is 26.1 Å². The van der Waals surface area contributed by atoms with Gasteiger partial charge < -0.3 is 23.7 Å². The quantitative estimate of drug-likeness (QED) is 0.126. The predicted octanol–water partition coefficient (Wildman–Crippen LogP) is 6.79. The molecule has 3 fully saturated rings. The summed E-state index contributed by atoms with van der Waals surface area (Å²) in [7, 11) is 0. The Bertz CT molecular complexity index is 1650. The molecular formula is C42H45NO8. The number of fused-ring (bicyclic) bond motifs is 1. The minimum atomic E-state index is -1.18. The molecule has 7 rings (SSSR count). The Kier molecular flexibility index (Phi) is 12.0. The molecule has 9 nitrogen and oxygen atoms in total. The van der Waals surface area contributed by atoms with E-state index in [-0.39, 0.29) is 43.5 Å². The summed E-state index contributed by atoms with van der Waals surface area (Å²) < 4.78 is 33.0. The van der Waals surface area contributed by atoms with E-state index in [9.17, 15) is 9.59 Å². The maximum absolute atomic E-state index is 13.6. The van der Waals surface area contributed by atoms with Crippen molar-refractivity contribution in [2.24, 2.45) is 11.8 Å². The molecule has 0 radical (unpaired) electrons. The van der Waals surface area contributed by atoms with E-state index < -0.39 is 30.7 Å². The molecule has 0 spiro atoms. The zero-order valence-corrected chi connectivity index (χ0v) is 28.7. The van der Waals surface area contributed by atoms with Gasteiger partial charge in [-0.1, -0.05) is 134 Å². The number of hydrogen-bond donors (Lipinski definition) is 0. The average Bonchev–Trinajstić information content (AvgIpc) is 3.42. The van der Waals surface area contributed by atoms with Crippen LogP contribution in [0.2, 0.25) is 0 Å². The molecule has 0 bridgehead atoms. The fraction of sp³-hybridized carbons (Fsp3) is 0.381. The van der Waals surface area contributed by atoms with Crippen LogP contribution in [0.15, 0.2) is 121 Å². The van der Waals surface area contributed by atoms with Gasteiger partial charge in [0.25, 0.3) is 11.8 Å². The lowest BCUT2D eigenvalue weighted by molar-refractivity contribution is -0.362. The highest BCUT2D eigenvalue weighted by Crippen LogP contribution is 2.40. The number of rotatable bonds is 15. The van der Waals surface area contributed by atoms with Gasteiger partial charge in [-0.15, -0.1) is 5.06 Å². The van der Waals surface area contributed by atoms with E-state index in [1.807, 2.05) is 121 Å². The minimum absolute atomic E-state index is 0.137. The second-order valence-corrected chi connectivity index (χ2v) is 13.4. The molecule has 2 heterocycles. The lowest BCUT2D eigenvalue weighted by Gasteiger charge is -2.46. The number of hydrogen-bond acceptors (Lipinski definition) is 8. The molecular weight excluding hydrogens is 646 g/mol. The van der Waals surface area contributed by atoms with Crippen molar-refractivity contribution in [2.75, 3.05) is 6.61 Å². The van der Waals surface area contributed by atoms with Crippen molar-refractivity contribution < 1.29 is 38.1 Å². The number of ether oxygens (including phenoxy) is 5. The van der Waals surface area contributed by atoms with Gasteiger partial charge in [0.05, 0.1) is 44.9 Å². The number of carbonyl (C=O) groups is 2. The normalized spacial score (nSPS) is 26.3. The molecule has 2 amide bonds. The van der Waals surface area contributed by atoms with Gasteiger partial charge >= 0.3 is 0 Å². The lowest BCUT2D eigenvalue weighted by Crippen LogP contribution is -2.63. The Labute approximate surface area is 299 Å². The van der Waals surface area contributed by atoms with Gasteiger partial charge in [0.2, 0.25) is 6.29 Å². The van der Waals surface area contributed by atoms with Gasteiger partial charge in [0.15, 0.2) is 0 Å². The van der Waals surface area contributed by atoms with E-state index in [1.54, 1.807) is 0 Å². The Morgan fingerprint density at radius 1 is 0.529 bits per heavy atom. The molecule has 0 N–H and O–H groups in total. The van der Waals surface area contributed by atoms with Gasteiger partial charge in [-0.05, 0) is 35.1 Å². The van der Waals surface area contributed by atoms with Crippen LogP contribution >= 0.6 is 0 Å². The highest BCUT2D eigenvalue weighted by atomic mass is 16.8. The summed E-state index contributed by atoms with van der Waals surface area (Å²) >= 11 is 0. The average molecular weight is 692 g/mol. The lowest BCUT2D eigenvalue weighted by atomic mass is 9.81. The van der Waals surface area contributed by atoms with Crippen molar-refractivity contribution >= 4 is 11.8 Å². The fourth-order valence-electron chi connectivity index (χ4n) is 7.17. The van der Waals surface area contributed by atoms with Crippen LogP contribution in [0.1, 0.15) is 47.9 Å². The molecule has 2 aliphatic heterocycles. The first-order chi connectivity index (χ1) is 25.1. The van der Waals surface area contributed by atoms with E-state index in [1.165, 1.54) is 0 Å². The van der Waals surface area contributed by atoms with Gasteiger partial charge in [-0.3, -0.25) is 9.59 Å². The minimum Gasteiger partial charge on any atom is -0.374 e. The van der Waals surface area contributed by atoms with Gasteiger partial charge in [0.1, 0.15) is 24.4 Å². The summed E-state index contributed by atoms with van der Waals surface area (Å²) in [5, 5.41) is 0.936. The van der Waals surface area contributed by atoms with Crippen molar-refractivity contribution in [1.82, 2.24) is 5.06 Å². The molecule has 3 aliphatic rings. The van der Waals surface area contributed by atoms with Crippen LogP contribution in [-0.2, 0) is 64.5 Å². The van der Waals surface area contributed by atoms with Crippen molar-refractivity contribution in [3.05, 3.63) is 144 Å². The molecule has 1 saturated carbocycles. The topological polar surface area (TPSA) is 92.8 Å². The van der Waals surface area contributed by atoms with Crippen LogP contribution in [0.4, 0.5) is 0 Å². The van der Waals surface area contributed by atoms with Crippen molar-refractivity contribution in [3.63, 3.8) is 0 Å². The predicted molar refractivity (Wildman–Crippen MR) is 188 cm³/mol. The van der Waals surface area contributed by atoms with Crippen LogP contribution in [0.3, 0.4) is 0 Å². The van der Waals surface area contributed by atoms with Crippen LogP contribution in [0.5, 0.6) is 0 Å². The molecule has 1 aliphatic carbocycles. The number of nitrogens with zero attached hydrogens (tertiary/aromatic N) is 1. The maximum atomic E-state index is 13.6. The molecule has 266 valence electrons. The first kappa shape index (κ1) is 35.2. The second-order valence-electron chi connectivity index (χ2n) is 13.4. The molecule has 0 aromatic heterocycles. The van der Waals surface area contributed by atoms with E-state index in [2.05, 4.69) is 0 Å². The standard InChI is InChI=1S/C42H45NO8/c44-40-34-23-13-14-24-35(34)41(45)43(40)51-42-39(49-28-33-21-11-4-12-22-33)38(48-27-32-19-9-3-10-20-32)37(47-26-31-17-7-2-8-18-31)36(50-42)29-46-25-30-15-5-1-6-16-30/h1-12,15-22,34-39,42H,13-14,23-29H2/t34-,35+,36-,37-,38+,39-,42-/m1/s1. The largest absolute Gasteiger partial charge is 0.374 e. The van der Waals surface area contributed by atoms with Crippen LogP contribution in [-0.4, -0.2) is 54.2 Å². The molecule has 4 aromatic carbocycles. The summed E-state index contributed by atoms with van der Waals surface area (Å²) in [6.07, 6.45) is -1.01. The number of amides is 2.